The summed E-state index contributed by atoms with van der Waals surface area (Å²) in [6, 6.07) is 13.6. The van der Waals surface area contributed by atoms with Gasteiger partial charge < -0.3 is 15.1 Å². The average Bonchev–Trinajstić information content (AvgIpc) is 3.37. The summed E-state index contributed by atoms with van der Waals surface area (Å²) < 4.78 is 19.8. The van der Waals surface area contributed by atoms with Gasteiger partial charge in [0.15, 0.2) is 5.76 Å². The Morgan fingerprint density at radius 2 is 1.93 bits per heavy atom. The molecule has 1 fully saturated rings. The molecule has 6 heteroatoms. The lowest BCUT2D eigenvalue weighted by molar-refractivity contribution is 0.0788. The number of carbonyl (C=O) groups excluding carboxylic acids is 1. The molecule has 27 heavy (non-hydrogen) atoms. The van der Waals surface area contributed by atoms with Crippen molar-refractivity contribution in [3.63, 3.8) is 0 Å². The maximum atomic E-state index is 14.0. The minimum atomic E-state index is -0.380. The first-order chi connectivity index (χ1) is 13.2. The highest BCUT2D eigenvalue weighted by atomic mass is 19.1. The SMILES string of the molecule is NC[C@H]1CCN(C(=O)c2ccccc2-c2ncc(-c3ccccc3F)o2)C1. The molecule has 0 saturated carbocycles. The van der Waals surface area contributed by atoms with Gasteiger partial charge in [0.25, 0.3) is 5.91 Å². The molecule has 0 aliphatic carbocycles. The van der Waals surface area contributed by atoms with Crippen molar-refractivity contribution in [1.29, 1.82) is 0 Å². The molecule has 2 N–H and O–H groups in total. The Bertz CT molecular complexity index is 969. The zero-order valence-corrected chi connectivity index (χ0v) is 14.8. The molecular formula is C21H20FN3O2. The van der Waals surface area contributed by atoms with Crippen LogP contribution in [-0.2, 0) is 0 Å². The molecule has 0 spiro atoms. The summed E-state index contributed by atoms with van der Waals surface area (Å²) in [5.74, 6) is 0.527. The molecule has 0 unspecified atom stereocenters. The van der Waals surface area contributed by atoms with Gasteiger partial charge in [-0.3, -0.25) is 4.79 Å². The van der Waals surface area contributed by atoms with Crippen LogP contribution in [0.15, 0.2) is 59.1 Å². The molecule has 3 aromatic rings. The standard InChI is InChI=1S/C21H20FN3O2/c22-18-8-4-3-7-17(18)19-12-24-20(27-19)15-5-1-2-6-16(15)21(26)25-10-9-14(11-23)13-25/h1-8,12,14H,9-11,13,23H2/t14-/m1/s1. The Morgan fingerprint density at radius 3 is 2.67 bits per heavy atom. The minimum absolute atomic E-state index is 0.0628. The first-order valence-electron chi connectivity index (χ1n) is 8.97. The highest BCUT2D eigenvalue weighted by Crippen LogP contribution is 2.30. The van der Waals surface area contributed by atoms with E-state index in [9.17, 15) is 9.18 Å². The van der Waals surface area contributed by atoms with Crippen LogP contribution in [0, 0.1) is 11.7 Å². The first-order valence-corrected chi connectivity index (χ1v) is 8.97. The zero-order chi connectivity index (χ0) is 18.8. The Morgan fingerprint density at radius 1 is 1.19 bits per heavy atom. The Hall–Kier alpha value is -2.99. The third kappa shape index (κ3) is 3.36. The lowest BCUT2D eigenvalue weighted by Gasteiger charge is -2.17. The van der Waals surface area contributed by atoms with Gasteiger partial charge in [0, 0.05) is 18.7 Å². The molecule has 2 aromatic carbocycles. The van der Waals surface area contributed by atoms with Gasteiger partial charge in [0.05, 0.1) is 17.3 Å². The molecule has 1 aromatic heterocycles. The van der Waals surface area contributed by atoms with E-state index in [0.29, 0.717) is 53.9 Å². The minimum Gasteiger partial charge on any atom is -0.436 e. The number of rotatable bonds is 4. The number of hydrogen-bond donors (Lipinski definition) is 1. The van der Waals surface area contributed by atoms with Crippen molar-refractivity contribution in [2.24, 2.45) is 11.7 Å². The number of carbonyl (C=O) groups is 1. The van der Waals surface area contributed by atoms with Gasteiger partial charge in [0.2, 0.25) is 5.89 Å². The van der Waals surface area contributed by atoms with Crippen molar-refractivity contribution in [3.8, 4) is 22.8 Å². The molecule has 1 aliphatic rings. The number of halogens is 1. The van der Waals surface area contributed by atoms with Crippen molar-refractivity contribution in [2.45, 2.75) is 6.42 Å². The van der Waals surface area contributed by atoms with Gasteiger partial charge in [-0.2, -0.15) is 0 Å². The number of benzene rings is 2. The van der Waals surface area contributed by atoms with Crippen LogP contribution in [0.3, 0.4) is 0 Å². The van der Waals surface area contributed by atoms with Gasteiger partial charge in [-0.1, -0.05) is 24.3 Å². The van der Waals surface area contributed by atoms with E-state index in [1.807, 2.05) is 17.0 Å². The van der Waals surface area contributed by atoms with E-state index in [2.05, 4.69) is 4.98 Å². The van der Waals surface area contributed by atoms with Crippen molar-refractivity contribution in [2.75, 3.05) is 19.6 Å². The molecule has 1 aliphatic heterocycles. The van der Waals surface area contributed by atoms with Crippen LogP contribution >= 0.6 is 0 Å². The van der Waals surface area contributed by atoms with Gasteiger partial charge in [-0.05, 0) is 43.1 Å². The van der Waals surface area contributed by atoms with E-state index in [0.717, 1.165) is 6.42 Å². The van der Waals surface area contributed by atoms with Crippen molar-refractivity contribution in [1.82, 2.24) is 9.88 Å². The third-order valence-corrected chi connectivity index (χ3v) is 4.94. The molecule has 2 heterocycles. The second kappa shape index (κ2) is 7.32. The molecule has 0 radical (unpaired) electrons. The van der Waals surface area contributed by atoms with Crippen LogP contribution in [0.1, 0.15) is 16.8 Å². The third-order valence-electron chi connectivity index (χ3n) is 4.94. The van der Waals surface area contributed by atoms with Crippen LogP contribution in [0.5, 0.6) is 0 Å². The Balaban J connectivity index is 1.66. The second-order valence-electron chi connectivity index (χ2n) is 6.70. The lowest BCUT2D eigenvalue weighted by atomic mass is 10.1. The van der Waals surface area contributed by atoms with E-state index < -0.39 is 0 Å². The topological polar surface area (TPSA) is 72.4 Å². The van der Waals surface area contributed by atoms with Crippen LogP contribution in [0.25, 0.3) is 22.8 Å². The Labute approximate surface area is 156 Å². The number of aromatic nitrogens is 1. The highest BCUT2D eigenvalue weighted by Gasteiger charge is 2.28. The van der Waals surface area contributed by atoms with Crippen molar-refractivity contribution in [3.05, 3.63) is 66.1 Å². The lowest BCUT2D eigenvalue weighted by Crippen LogP contribution is -2.30. The number of oxazole rings is 1. The quantitative estimate of drug-likeness (QED) is 0.767. The molecular weight excluding hydrogens is 345 g/mol. The molecule has 1 saturated heterocycles. The molecule has 1 atom stereocenters. The number of amides is 1. The molecule has 138 valence electrons. The van der Waals surface area contributed by atoms with Gasteiger partial charge in [-0.25, -0.2) is 9.37 Å². The molecule has 0 bridgehead atoms. The van der Waals surface area contributed by atoms with E-state index in [-0.39, 0.29) is 11.7 Å². The van der Waals surface area contributed by atoms with Crippen molar-refractivity contribution < 1.29 is 13.6 Å². The smallest absolute Gasteiger partial charge is 0.254 e. The van der Waals surface area contributed by atoms with E-state index in [1.54, 1.807) is 30.3 Å². The van der Waals surface area contributed by atoms with Crippen LogP contribution < -0.4 is 5.73 Å². The predicted octanol–water partition coefficient (Wildman–Crippen LogP) is 3.57. The maximum Gasteiger partial charge on any atom is 0.254 e. The fourth-order valence-corrected chi connectivity index (χ4v) is 3.42. The monoisotopic (exact) mass is 365 g/mol. The summed E-state index contributed by atoms with van der Waals surface area (Å²) in [7, 11) is 0. The summed E-state index contributed by atoms with van der Waals surface area (Å²) in [4.78, 5) is 19.1. The summed E-state index contributed by atoms with van der Waals surface area (Å²) in [6.45, 7) is 1.94. The van der Waals surface area contributed by atoms with E-state index >= 15 is 0 Å². The average molecular weight is 365 g/mol. The Kier molecular flexibility index (Phi) is 4.73. The maximum absolute atomic E-state index is 14.0. The highest BCUT2D eigenvalue weighted by molar-refractivity contribution is 6.00. The normalized spacial score (nSPS) is 16.7. The largest absolute Gasteiger partial charge is 0.436 e. The molecule has 4 rings (SSSR count). The number of nitrogens with two attached hydrogens (primary N) is 1. The number of nitrogens with zero attached hydrogens (tertiary/aromatic N) is 2. The van der Waals surface area contributed by atoms with Gasteiger partial charge in [0.1, 0.15) is 5.82 Å². The van der Waals surface area contributed by atoms with E-state index in [1.165, 1.54) is 12.3 Å². The van der Waals surface area contributed by atoms with Crippen LogP contribution in [-0.4, -0.2) is 35.4 Å². The zero-order valence-electron chi connectivity index (χ0n) is 14.8. The van der Waals surface area contributed by atoms with Crippen LogP contribution in [0.4, 0.5) is 4.39 Å². The fourth-order valence-electron chi connectivity index (χ4n) is 3.42. The number of hydrogen-bond acceptors (Lipinski definition) is 4. The first kappa shape index (κ1) is 17.4. The number of likely N-dealkylation sites (tertiary alicyclic amines) is 1. The molecule has 5 nitrogen and oxygen atoms in total. The summed E-state index contributed by atoms with van der Waals surface area (Å²) >= 11 is 0. The summed E-state index contributed by atoms with van der Waals surface area (Å²) in [5.41, 5.74) is 7.19. The summed E-state index contributed by atoms with van der Waals surface area (Å²) in [5, 5.41) is 0. The van der Waals surface area contributed by atoms with Crippen molar-refractivity contribution >= 4 is 5.91 Å². The summed E-state index contributed by atoms with van der Waals surface area (Å²) in [6.07, 6.45) is 2.40. The second-order valence-corrected chi connectivity index (χ2v) is 6.70. The van der Waals surface area contributed by atoms with Crippen LogP contribution in [0.2, 0.25) is 0 Å². The predicted molar refractivity (Wildman–Crippen MR) is 100 cm³/mol. The fraction of sp³-hybridized carbons (Fsp3) is 0.238. The van der Waals surface area contributed by atoms with Gasteiger partial charge in [-0.15, -0.1) is 0 Å². The molecule has 1 amide bonds. The van der Waals surface area contributed by atoms with Gasteiger partial charge >= 0.3 is 0 Å². The van der Waals surface area contributed by atoms with E-state index in [4.69, 9.17) is 10.2 Å².